The molecule has 0 unspecified atom stereocenters. The highest BCUT2D eigenvalue weighted by Gasteiger charge is 2.44. The molecule has 2 fully saturated rings. The molecule has 0 bridgehead atoms. The summed E-state index contributed by atoms with van der Waals surface area (Å²) in [6, 6.07) is 6.98. The zero-order valence-corrected chi connectivity index (χ0v) is 13.1. The fraction of sp³-hybridized carbons (Fsp3) is 0.632. The third kappa shape index (κ3) is 2.45. The van der Waals surface area contributed by atoms with Crippen LogP contribution >= 0.6 is 0 Å². The van der Waals surface area contributed by atoms with E-state index in [4.69, 9.17) is 0 Å². The number of rotatable bonds is 2. The molecule has 3 nitrogen and oxygen atoms in total. The number of carbonyl (C=O) groups is 1. The molecule has 0 radical (unpaired) electrons. The molecule has 22 heavy (non-hydrogen) atoms. The Morgan fingerprint density at radius 3 is 2.86 bits per heavy atom. The minimum absolute atomic E-state index is 0.0969. The van der Waals surface area contributed by atoms with Crippen LogP contribution < -0.4 is 5.32 Å². The van der Waals surface area contributed by atoms with Crippen LogP contribution in [0.2, 0.25) is 0 Å². The van der Waals surface area contributed by atoms with E-state index in [1.165, 1.54) is 23.1 Å². The Balaban J connectivity index is 1.51. The first kappa shape index (κ1) is 14.3. The summed E-state index contributed by atoms with van der Waals surface area (Å²) in [7, 11) is 0. The van der Waals surface area contributed by atoms with Crippen molar-refractivity contribution < 1.29 is 9.90 Å². The quantitative estimate of drug-likeness (QED) is 0.882. The molecule has 2 aliphatic carbocycles. The van der Waals surface area contributed by atoms with E-state index in [-0.39, 0.29) is 11.4 Å². The first-order valence-corrected chi connectivity index (χ1v) is 8.71. The predicted octanol–water partition coefficient (Wildman–Crippen LogP) is 2.70. The second-order valence-electron chi connectivity index (χ2n) is 7.59. The molecule has 1 aromatic rings. The fourth-order valence-electron chi connectivity index (χ4n) is 4.79. The van der Waals surface area contributed by atoms with Crippen molar-refractivity contribution in [2.75, 3.05) is 6.61 Å². The number of aliphatic hydroxyl groups excluding tert-OH is 1. The number of fused-ring (bicyclic) bond motifs is 1. The van der Waals surface area contributed by atoms with Gasteiger partial charge in [-0.25, -0.2) is 0 Å². The Morgan fingerprint density at radius 2 is 2.09 bits per heavy atom. The van der Waals surface area contributed by atoms with Gasteiger partial charge in [-0.2, -0.15) is 0 Å². The first-order chi connectivity index (χ1) is 10.7. The fourth-order valence-corrected chi connectivity index (χ4v) is 4.79. The number of hydrogen-bond acceptors (Lipinski definition) is 2. The molecule has 3 atom stereocenters. The predicted molar refractivity (Wildman–Crippen MR) is 85.7 cm³/mol. The maximum Gasteiger partial charge on any atom is 0.220 e. The number of nitrogens with one attached hydrogen (secondary N) is 1. The molecule has 1 aromatic carbocycles. The number of aliphatic hydroxyl groups is 1. The normalized spacial score (nSPS) is 34.0. The molecule has 1 amide bonds. The van der Waals surface area contributed by atoms with Crippen LogP contribution in [0.3, 0.4) is 0 Å². The molecule has 118 valence electrons. The number of amides is 1. The summed E-state index contributed by atoms with van der Waals surface area (Å²) in [5, 5.41) is 12.6. The lowest BCUT2D eigenvalue weighted by atomic mass is 9.82. The average Bonchev–Trinajstić information content (AvgIpc) is 3.13. The zero-order chi connectivity index (χ0) is 15.2. The van der Waals surface area contributed by atoms with E-state index >= 15 is 0 Å². The molecule has 1 heterocycles. The van der Waals surface area contributed by atoms with Crippen molar-refractivity contribution >= 4 is 5.91 Å². The number of carbonyl (C=O) groups excluding carboxylic acids is 1. The van der Waals surface area contributed by atoms with Crippen molar-refractivity contribution in [2.45, 2.75) is 62.8 Å². The Labute approximate surface area is 132 Å². The summed E-state index contributed by atoms with van der Waals surface area (Å²) in [5.41, 5.74) is 4.47. The molecule has 1 aliphatic heterocycles. The van der Waals surface area contributed by atoms with E-state index < -0.39 is 0 Å². The van der Waals surface area contributed by atoms with Gasteiger partial charge in [0.15, 0.2) is 0 Å². The zero-order valence-electron chi connectivity index (χ0n) is 13.1. The molecule has 1 spiro atoms. The number of benzene rings is 1. The molecular formula is C19H25NO2. The minimum atomic E-state index is 0.0969. The second kappa shape index (κ2) is 5.38. The van der Waals surface area contributed by atoms with Crippen molar-refractivity contribution in [2.24, 2.45) is 5.92 Å². The summed E-state index contributed by atoms with van der Waals surface area (Å²) in [4.78, 5) is 11.6. The minimum Gasteiger partial charge on any atom is -0.396 e. The molecule has 0 aromatic heterocycles. The molecule has 3 heteroatoms. The van der Waals surface area contributed by atoms with Gasteiger partial charge in [0, 0.05) is 18.6 Å². The molecule has 4 rings (SSSR count). The van der Waals surface area contributed by atoms with E-state index in [1.54, 1.807) is 0 Å². The van der Waals surface area contributed by atoms with Crippen LogP contribution in [0.4, 0.5) is 0 Å². The van der Waals surface area contributed by atoms with Crippen LogP contribution in [0, 0.1) is 5.92 Å². The lowest BCUT2D eigenvalue weighted by molar-refractivity contribution is -0.119. The lowest BCUT2D eigenvalue weighted by Gasteiger charge is -2.25. The largest absolute Gasteiger partial charge is 0.396 e. The Morgan fingerprint density at radius 1 is 1.18 bits per heavy atom. The van der Waals surface area contributed by atoms with Crippen LogP contribution in [0.15, 0.2) is 18.2 Å². The van der Waals surface area contributed by atoms with Gasteiger partial charge in [-0.05, 0) is 73.5 Å². The standard InChI is InChI=1S/C19H25NO2/c21-12-13-1-2-15-10-16(4-3-14(15)9-13)17-5-7-19(11-17)8-6-18(22)20-19/h3-4,10,13,17,21H,1-2,5-9,11-12H2,(H,20,22)/t13-,17-,19-/m0/s1. The Bertz CT molecular complexity index is 597. The lowest BCUT2D eigenvalue weighted by Crippen LogP contribution is -2.38. The van der Waals surface area contributed by atoms with Gasteiger partial charge < -0.3 is 10.4 Å². The molecule has 3 aliphatic rings. The highest BCUT2D eigenvalue weighted by Crippen LogP contribution is 2.45. The van der Waals surface area contributed by atoms with Crippen LogP contribution in [0.5, 0.6) is 0 Å². The SMILES string of the molecule is O=C1CC[C@]2(CC[C@H](c3ccc4c(c3)CC[C@H](CO)C4)C2)N1. The molecule has 2 N–H and O–H groups in total. The molecule has 1 saturated heterocycles. The highest BCUT2D eigenvalue weighted by atomic mass is 16.3. The van der Waals surface area contributed by atoms with Gasteiger partial charge in [0.2, 0.25) is 5.91 Å². The van der Waals surface area contributed by atoms with Crippen molar-refractivity contribution in [1.29, 1.82) is 0 Å². The maximum atomic E-state index is 11.6. The highest BCUT2D eigenvalue weighted by molar-refractivity contribution is 5.79. The van der Waals surface area contributed by atoms with E-state index in [2.05, 4.69) is 23.5 Å². The summed E-state index contributed by atoms with van der Waals surface area (Å²) in [6.07, 6.45) is 8.39. The van der Waals surface area contributed by atoms with E-state index in [0.717, 1.165) is 38.5 Å². The Hall–Kier alpha value is -1.35. The summed E-state index contributed by atoms with van der Waals surface area (Å²) in [6.45, 7) is 0.312. The maximum absolute atomic E-state index is 11.6. The smallest absolute Gasteiger partial charge is 0.220 e. The first-order valence-electron chi connectivity index (χ1n) is 8.71. The number of aryl methyl sites for hydroxylation is 1. The monoisotopic (exact) mass is 299 g/mol. The van der Waals surface area contributed by atoms with Crippen molar-refractivity contribution in [3.05, 3.63) is 34.9 Å². The summed E-state index contributed by atoms with van der Waals surface area (Å²) >= 11 is 0. The van der Waals surface area contributed by atoms with Gasteiger partial charge in [0.25, 0.3) is 0 Å². The molecular weight excluding hydrogens is 274 g/mol. The number of hydrogen-bond donors (Lipinski definition) is 2. The van der Waals surface area contributed by atoms with Gasteiger partial charge in [-0.1, -0.05) is 18.2 Å². The van der Waals surface area contributed by atoms with Gasteiger partial charge >= 0.3 is 0 Å². The summed E-state index contributed by atoms with van der Waals surface area (Å²) < 4.78 is 0. The van der Waals surface area contributed by atoms with Crippen molar-refractivity contribution in [3.8, 4) is 0 Å². The van der Waals surface area contributed by atoms with Crippen LogP contribution in [0.25, 0.3) is 0 Å². The third-order valence-electron chi connectivity index (χ3n) is 6.13. The van der Waals surface area contributed by atoms with Gasteiger partial charge in [-0.15, -0.1) is 0 Å². The second-order valence-corrected chi connectivity index (χ2v) is 7.59. The van der Waals surface area contributed by atoms with Gasteiger partial charge in [-0.3, -0.25) is 4.79 Å². The third-order valence-corrected chi connectivity index (χ3v) is 6.13. The van der Waals surface area contributed by atoms with Crippen LogP contribution in [-0.2, 0) is 17.6 Å². The van der Waals surface area contributed by atoms with Crippen molar-refractivity contribution in [3.63, 3.8) is 0 Å². The Kier molecular flexibility index (Phi) is 3.48. The van der Waals surface area contributed by atoms with Gasteiger partial charge in [0.1, 0.15) is 0 Å². The van der Waals surface area contributed by atoms with E-state index in [9.17, 15) is 9.90 Å². The topological polar surface area (TPSA) is 49.3 Å². The van der Waals surface area contributed by atoms with E-state index in [1.807, 2.05) is 0 Å². The van der Waals surface area contributed by atoms with Crippen LogP contribution in [0.1, 0.15) is 61.1 Å². The molecule has 1 saturated carbocycles. The average molecular weight is 299 g/mol. The van der Waals surface area contributed by atoms with Crippen LogP contribution in [-0.4, -0.2) is 23.2 Å². The summed E-state index contributed by atoms with van der Waals surface area (Å²) in [5.74, 6) is 1.28. The van der Waals surface area contributed by atoms with Crippen molar-refractivity contribution in [1.82, 2.24) is 5.32 Å². The van der Waals surface area contributed by atoms with Gasteiger partial charge in [0.05, 0.1) is 0 Å². The van der Waals surface area contributed by atoms with E-state index in [0.29, 0.717) is 24.9 Å².